The minimum absolute atomic E-state index is 0.0267. The molecule has 1 aliphatic rings. The summed E-state index contributed by atoms with van der Waals surface area (Å²) in [5, 5.41) is 7.92. The van der Waals surface area contributed by atoms with Gasteiger partial charge in [0, 0.05) is 12.0 Å². The fourth-order valence-electron chi connectivity index (χ4n) is 2.98. The van der Waals surface area contributed by atoms with Crippen molar-refractivity contribution in [3.8, 4) is 0 Å². The summed E-state index contributed by atoms with van der Waals surface area (Å²) in [6.45, 7) is 4.99. The Hall–Kier alpha value is -3.03. The standard InChI is InChI=1S/C21H19F3N2O3/c1-19(2,3)29-18(28)20(12-13-6-4-5-7-16(13)17(20)27)26-25-15-10-8-14(9-11-15)21(22,23)24/h4-11H,12H2,1-3H3/t20-/m1/s1. The molecule has 2 aromatic carbocycles. The lowest BCUT2D eigenvalue weighted by atomic mass is 9.95. The number of azo groups is 1. The molecule has 0 spiro atoms. The maximum absolute atomic E-state index is 13.0. The third-order valence-electron chi connectivity index (χ3n) is 4.35. The Kier molecular flexibility index (Phi) is 5.06. The number of benzene rings is 2. The monoisotopic (exact) mass is 404 g/mol. The van der Waals surface area contributed by atoms with E-state index in [9.17, 15) is 22.8 Å². The largest absolute Gasteiger partial charge is 0.458 e. The summed E-state index contributed by atoms with van der Waals surface area (Å²) < 4.78 is 43.6. The van der Waals surface area contributed by atoms with E-state index in [0.29, 0.717) is 11.1 Å². The highest BCUT2D eigenvalue weighted by Gasteiger charge is 2.54. The number of halogens is 3. The zero-order chi connectivity index (χ0) is 21.4. The Morgan fingerprint density at radius 3 is 2.21 bits per heavy atom. The van der Waals surface area contributed by atoms with Gasteiger partial charge in [-0.15, -0.1) is 0 Å². The highest BCUT2D eigenvalue weighted by molar-refractivity contribution is 6.20. The van der Waals surface area contributed by atoms with E-state index in [0.717, 1.165) is 24.3 Å². The topological polar surface area (TPSA) is 68.1 Å². The first-order chi connectivity index (χ1) is 13.4. The summed E-state index contributed by atoms with van der Waals surface area (Å²) >= 11 is 0. The van der Waals surface area contributed by atoms with Crippen LogP contribution in [0.4, 0.5) is 18.9 Å². The molecule has 0 unspecified atom stereocenters. The number of ketones is 1. The van der Waals surface area contributed by atoms with E-state index < -0.39 is 34.6 Å². The molecule has 2 aromatic rings. The number of ether oxygens (including phenoxy) is 1. The third kappa shape index (κ3) is 4.21. The zero-order valence-electron chi connectivity index (χ0n) is 16.1. The van der Waals surface area contributed by atoms with Crippen LogP contribution in [0.2, 0.25) is 0 Å². The molecule has 0 amide bonds. The first-order valence-corrected chi connectivity index (χ1v) is 8.89. The number of rotatable bonds is 3. The second kappa shape index (κ2) is 7.09. The van der Waals surface area contributed by atoms with Crippen molar-refractivity contribution < 1.29 is 27.5 Å². The van der Waals surface area contributed by atoms with Gasteiger partial charge in [-0.25, -0.2) is 4.79 Å². The van der Waals surface area contributed by atoms with Crippen molar-refractivity contribution in [3.63, 3.8) is 0 Å². The number of carbonyl (C=O) groups is 2. The fraction of sp³-hybridized carbons (Fsp3) is 0.333. The van der Waals surface area contributed by atoms with Crippen LogP contribution in [0.3, 0.4) is 0 Å². The Morgan fingerprint density at radius 2 is 1.66 bits per heavy atom. The summed E-state index contributed by atoms with van der Waals surface area (Å²) in [4.78, 5) is 26.0. The Labute approximate surface area is 165 Å². The SMILES string of the molecule is CC(C)(C)OC(=O)[C@@]1(N=Nc2ccc(C(F)(F)F)cc2)Cc2ccccc2C1=O. The lowest BCUT2D eigenvalue weighted by Crippen LogP contribution is -2.46. The number of esters is 1. The minimum atomic E-state index is -4.48. The summed E-state index contributed by atoms with van der Waals surface area (Å²) in [6, 6.07) is 10.7. The number of alkyl halides is 3. The van der Waals surface area contributed by atoms with Gasteiger partial charge in [-0.2, -0.15) is 23.4 Å². The average molecular weight is 404 g/mol. The number of hydrogen-bond donors (Lipinski definition) is 0. The van der Waals surface area contributed by atoms with Crippen LogP contribution >= 0.6 is 0 Å². The number of carbonyl (C=O) groups excluding carboxylic acids is 2. The molecule has 1 atom stereocenters. The lowest BCUT2D eigenvalue weighted by Gasteiger charge is -2.26. The van der Waals surface area contributed by atoms with Crippen LogP contribution in [0.15, 0.2) is 58.8 Å². The molecule has 0 saturated heterocycles. The predicted molar refractivity (Wildman–Crippen MR) is 99.0 cm³/mol. The van der Waals surface area contributed by atoms with E-state index in [1.807, 2.05) is 0 Å². The van der Waals surface area contributed by atoms with E-state index in [1.165, 1.54) is 0 Å². The van der Waals surface area contributed by atoms with Crippen molar-refractivity contribution in [2.45, 2.75) is 44.5 Å². The molecule has 152 valence electrons. The molecule has 8 heteroatoms. The smallest absolute Gasteiger partial charge is 0.416 e. The molecule has 0 heterocycles. The van der Waals surface area contributed by atoms with Gasteiger partial charge in [0.25, 0.3) is 0 Å². The predicted octanol–water partition coefficient (Wildman–Crippen LogP) is 5.31. The molecule has 1 aliphatic carbocycles. The molecule has 0 aliphatic heterocycles. The van der Waals surface area contributed by atoms with E-state index in [2.05, 4.69) is 10.2 Å². The van der Waals surface area contributed by atoms with E-state index >= 15 is 0 Å². The maximum atomic E-state index is 13.0. The summed E-state index contributed by atoms with van der Waals surface area (Å²) in [5.74, 6) is -1.39. The Balaban J connectivity index is 1.98. The van der Waals surface area contributed by atoms with E-state index in [1.54, 1.807) is 45.0 Å². The van der Waals surface area contributed by atoms with Crippen molar-refractivity contribution in [3.05, 3.63) is 65.2 Å². The van der Waals surface area contributed by atoms with Gasteiger partial charge in [0.05, 0.1) is 11.3 Å². The minimum Gasteiger partial charge on any atom is -0.458 e. The number of nitrogens with zero attached hydrogens (tertiary/aromatic N) is 2. The molecule has 29 heavy (non-hydrogen) atoms. The van der Waals surface area contributed by atoms with Gasteiger partial charge in [0.2, 0.25) is 11.3 Å². The molecule has 0 radical (unpaired) electrons. The van der Waals surface area contributed by atoms with Crippen LogP contribution in [0.5, 0.6) is 0 Å². The van der Waals surface area contributed by atoms with Gasteiger partial charge < -0.3 is 4.74 Å². The van der Waals surface area contributed by atoms with Gasteiger partial charge in [0.1, 0.15) is 5.60 Å². The van der Waals surface area contributed by atoms with Crippen molar-refractivity contribution in [2.75, 3.05) is 0 Å². The van der Waals surface area contributed by atoms with Crippen LogP contribution in [0.1, 0.15) is 42.3 Å². The molecule has 3 rings (SSSR count). The van der Waals surface area contributed by atoms with Gasteiger partial charge in [-0.1, -0.05) is 24.3 Å². The molecule has 0 fully saturated rings. The van der Waals surface area contributed by atoms with Crippen LogP contribution < -0.4 is 0 Å². The first kappa shape index (κ1) is 20.7. The number of fused-ring (bicyclic) bond motifs is 1. The molecule has 0 aromatic heterocycles. The normalized spacial score (nSPS) is 19.4. The number of hydrogen-bond acceptors (Lipinski definition) is 5. The average Bonchev–Trinajstić information content (AvgIpc) is 2.92. The third-order valence-corrected chi connectivity index (χ3v) is 4.35. The van der Waals surface area contributed by atoms with E-state index in [4.69, 9.17) is 4.74 Å². The van der Waals surface area contributed by atoms with Crippen LogP contribution in [-0.2, 0) is 22.1 Å². The number of Topliss-reactive ketones (excluding diaryl/α,β-unsaturated/α-hetero) is 1. The first-order valence-electron chi connectivity index (χ1n) is 8.89. The molecule has 0 saturated carbocycles. The zero-order valence-corrected chi connectivity index (χ0v) is 16.1. The van der Waals surface area contributed by atoms with Crippen LogP contribution in [-0.4, -0.2) is 22.9 Å². The maximum Gasteiger partial charge on any atom is 0.416 e. The quantitative estimate of drug-likeness (QED) is 0.396. The van der Waals surface area contributed by atoms with Gasteiger partial charge in [-0.05, 0) is 50.6 Å². The van der Waals surface area contributed by atoms with Gasteiger partial charge in [-0.3, -0.25) is 4.79 Å². The molecule has 5 nitrogen and oxygen atoms in total. The highest BCUT2D eigenvalue weighted by Crippen LogP contribution is 2.37. The van der Waals surface area contributed by atoms with Crippen molar-refractivity contribution in [1.29, 1.82) is 0 Å². The van der Waals surface area contributed by atoms with Gasteiger partial charge >= 0.3 is 12.1 Å². The van der Waals surface area contributed by atoms with Crippen LogP contribution in [0, 0.1) is 0 Å². The summed E-state index contributed by atoms with van der Waals surface area (Å²) in [5.41, 5.74) is -2.52. The summed E-state index contributed by atoms with van der Waals surface area (Å²) in [7, 11) is 0. The second-order valence-corrected chi connectivity index (χ2v) is 7.77. The highest BCUT2D eigenvalue weighted by atomic mass is 19.4. The lowest BCUT2D eigenvalue weighted by molar-refractivity contribution is -0.159. The second-order valence-electron chi connectivity index (χ2n) is 7.77. The van der Waals surface area contributed by atoms with Crippen LogP contribution in [0.25, 0.3) is 0 Å². The molecular weight excluding hydrogens is 385 g/mol. The van der Waals surface area contributed by atoms with Crippen molar-refractivity contribution in [1.82, 2.24) is 0 Å². The van der Waals surface area contributed by atoms with Gasteiger partial charge in [0.15, 0.2) is 0 Å². The Bertz CT molecular complexity index is 976. The molecule has 0 bridgehead atoms. The fourth-order valence-corrected chi connectivity index (χ4v) is 2.98. The molecular formula is C21H19F3N2O3. The Morgan fingerprint density at radius 1 is 1.03 bits per heavy atom. The van der Waals surface area contributed by atoms with Crippen molar-refractivity contribution in [2.24, 2.45) is 10.2 Å². The molecule has 0 N–H and O–H groups in total. The summed E-state index contributed by atoms with van der Waals surface area (Å²) in [6.07, 6.45) is -4.50. The van der Waals surface area contributed by atoms with Crippen molar-refractivity contribution >= 4 is 17.4 Å². The van der Waals surface area contributed by atoms with E-state index in [-0.39, 0.29) is 12.1 Å².